The molecular weight excluding hydrogens is 340 g/mol. The van der Waals surface area contributed by atoms with Crippen LogP contribution in [-0.2, 0) is 16.0 Å². The molecule has 5 atom stereocenters. The fourth-order valence-electron chi connectivity index (χ4n) is 6.13. The molecule has 2 saturated carbocycles. The van der Waals surface area contributed by atoms with Crippen molar-refractivity contribution in [2.45, 2.75) is 70.3 Å². The SMILES string of the molecule is COC(=O)CCCOc1ccc2c(c1)CC[C@@H]1[C@@H]2CC[C@]2(C)[C@H](O)CC[C@@H]12. The summed E-state index contributed by atoms with van der Waals surface area (Å²) in [5.41, 5.74) is 3.09. The Morgan fingerprint density at radius 3 is 2.93 bits per heavy atom. The third-order valence-electron chi connectivity index (χ3n) is 7.67. The first-order valence-corrected chi connectivity index (χ1v) is 10.5. The van der Waals surface area contributed by atoms with Crippen molar-refractivity contribution in [3.63, 3.8) is 0 Å². The van der Waals surface area contributed by atoms with E-state index in [1.807, 2.05) is 0 Å². The summed E-state index contributed by atoms with van der Waals surface area (Å²) < 4.78 is 10.5. The molecule has 2 fully saturated rings. The lowest BCUT2D eigenvalue weighted by Gasteiger charge is -2.50. The molecule has 1 aromatic rings. The van der Waals surface area contributed by atoms with E-state index >= 15 is 0 Å². The van der Waals surface area contributed by atoms with Gasteiger partial charge in [0.15, 0.2) is 0 Å². The van der Waals surface area contributed by atoms with Crippen LogP contribution in [0.2, 0.25) is 0 Å². The number of aliphatic hydroxyl groups excluding tert-OH is 1. The highest BCUT2D eigenvalue weighted by Gasteiger charge is 2.54. The van der Waals surface area contributed by atoms with Crippen LogP contribution in [0.1, 0.15) is 68.9 Å². The van der Waals surface area contributed by atoms with Crippen LogP contribution in [0.25, 0.3) is 0 Å². The van der Waals surface area contributed by atoms with Crippen molar-refractivity contribution in [2.24, 2.45) is 17.3 Å². The molecule has 0 saturated heterocycles. The first kappa shape index (κ1) is 18.8. The fourth-order valence-corrected chi connectivity index (χ4v) is 6.13. The Morgan fingerprint density at radius 1 is 1.26 bits per heavy atom. The standard InChI is InChI=1S/C23H32O4/c1-23-12-11-18-17-8-6-16(27-13-3-4-22(25)26-2)14-15(17)5-7-19(18)20(23)9-10-21(23)24/h6,8,14,18-21,24H,3-5,7,9-13H2,1-2H3/t18-,19-,20+,21-,23+/m1/s1. The van der Waals surface area contributed by atoms with Gasteiger partial charge in [-0.1, -0.05) is 13.0 Å². The van der Waals surface area contributed by atoms with Gasteiger partial charge in [-0.25, -0.2) is 0 Å². The van der Waals surface area contributed by atoms with Gasteiger partial charge in [0.05, 0.1) is 19.8 Å². The number of hydrogen-bond donors (Lipinski definition) is 1. The van der Waals surface area contributed by atoms with Crippen LogP contribution in [0.5, 0.6) is 5.75 Å². The van der Waals surface area contributed by atoms with Crippen molar-refractivity contribution in [2.75, 3.05) is 13.7 Å². The van der Waals surface area contributed by atoms with E-state index < -0.39 is 0 Å². The molecule has 3 aliphatic rings. The molecule has 4 nitrogen and oxygen atoms in total. The quantitative estimate of drug-likeness (QED) is 0.621. The Balaban J connectivity index is 1.43. The highest BCUT2D eigenvalue weighted by Crippen LogP contribution is 2.60. The Bertz CT molecular complexity index is 700. The van der Waals surface area contributed by atoms with Gasteiger partial charge in [-0.15, -0.1) is 0 Å². The molecule has 0 unspecified atom stereocenters. The normalized spacial score (nSPS) is 34.3. The number of rotatable bonds is 5. The van der Waals surface area contributed by atoms with Gasteiger partial charge < -0.3 is 14.6 Å². The highest BCUT2D eigenvalue weighted by atomic mass is 16.5. The molecule has 0 heterocycles. The molecule has 4 heteroatoms. The number of benzene rings is 1. The van der Waals surface area contributed by atoms with E-state index in [9.17, 15) is 9.90 Å². The van der Waals surface area contributed by atoms with Crippen molar-refractivity contribution >= 4 is 5.97 Å². The van der Waals surface area contributed by atoms with Gasteiger partial charge >= 0.3 is 5.97 Å². The molecule has 0 spiro atoms. The van der Waals surface area contributed by atoms with E-state index in [0.29, 0.717) is 31.3 Å². The zero-order valence-electron chi connectivity index (χ0n) is 16.6. The molecule has 0 bridgehead atoms. The summed E-state index contributed by atoms with van der Waals surface area (Å²) in [6.45, 7) is 2.87. The van der Waals surface area contributed by atoms with Crippen molar-refractivity contribution in [1.29, 1.82) is 0 Å². The van der Waals surface area contributed by atoms with E-state index in [2.05, 4.69) is 29.9 Å². The summed E-state index contributed by atoms with van der Waals surface area (Å²) in [6, 6.07) is 6.58. The molecule has 1 aromatic carbocycles. The first-order valence-electron chi connectivity index (χ1n) is 10.5. The second-order valence-electron chi connectivity index (χ2n) is 8.94. The molecule has 1 N–H and O–H groups in total. The van der Waals surface area contributed by atoms with Crippen molar-refractivity contribution in [3.8, 4) is 5.75 Å². The fraction of sp³-hybridized carbons (Fsp3) is 0.696. The minimum Gasteiger partial charge on any atom is -0.494 e. The van der Waals surface area contributed by atoms with Crippen LogP contribution >= 0.6 is 0 Å². The second-order valence-corrected chi connectivity index (χ2v) is 8.94. The summed E-state index contributed by atoms with van der Waals surface area (Å²) in [7, 11) is 1.42. The number of hydrogen-bond acceptors (Lipinski definition) is 4. The minimum atomic E-state index is -0.184. The Hall–Kier alpha value is -1.55. The smallest absolute Gasteiger partial charge is 0.305 e. The number of carbonyl (C=O) groups is 1. The number of carbonyl (C=O) groups excluding carboxylic acids is 1. The molecule has 0 aliphatic heterocycles. The summed E-state index contributed by atoms with van der Waals surface area (Å²) in [6.07, 6.45) is 7.83. The maximum absolute atomic E-state index is 11.2. The molecule has 3 aliphatic carbocycles. The van der Waals surface area contributed by atoms with E-state index in [4.69, 9.17) is 4.74 Å². The van der Waals surface area contributed by atoms with Crippen LogP contribution in [0.15, 0.2) is 18.2 Å². The number of esters is 1. The monoisotopic (exact) mass is 372 g/mol. The van der Waals surface area contributed by atoms with Gasteiger partial charge in [-0.3, -0.25) is 4.79 Å². The molecular formula is C23H32O4. The average molecular weight is 373 g/mol. The van der Waals surface area contributed by atoms with Crippen molar-refractivity contribution < 1.29 is 19.4 Å². The largest absolute Gasteiger partial charge is 0.494 e. The van der Waals surface area contributed by atoms with Crippen LogP contribution in [0.4, 0.5) is 0 Å². The molecule has 0 amide bonds. The van der Waals surface area contributed by atoms with Gasteiger partial charge in [0.25, 0.3) is 0 Å². The Morgan fingerprint density at radius 2 is 2.11 bits per heavy atom. The number of methoxy groups -OCH3 is 1. The lowest BCUT2D eigenvalue weighted by atomic mass is 9.55. The maximum Gasteiger partial charge on any atom is 0.305 e. The molecule has 148 valence electrons. The van der Waals surface area contributed by atoms with Gasteiger partial charge in [-0.2, -0.15) is 0 Å². The lowest BCUT2D eigenvalue weighted by Crippen LogP contribution is -2.43. The van der Waals surface area contributed by atoms with Gasteiger partial charge in [0.1, 0.15) is 5.75 Å². The third-order valence-corrected chi connectivity index (χ3v) is 7.67. The lowest BCUT2D eigenvalue weighted by molar-refractivity contribution is -0.140. The number of ether oxygens (including phenoxy) is 2. The van der Waals surface area contributed by atoms with Crippen LogP contribution < -0.4 is 4.74 Å². The summed E-state index contributed by atoms with van der Waals surface area (Å²) in [5.74, 6) is 2.77. The van der Waals surface area contributed by atoms with Crippen LogP contribution in [0, 0.1) is 17.3 Å². The Kier molecular flexibility index (Phi) is 5.19. The topological polar surface area (TPSA) is 55.8 Å². The third kappa shape index (κ3) is 3.37. The van der Waals surface area contributed by atoms with E-state index in [0.717, 1.165) is 30.9 Å². The second kappa shape index (κ2) is 7.46. The predicted octanol–water partition coefficient (Wildman–Crippen LogP) is 4.24. The molecule has 4 rings (SSSR count). The number of aliphatic hydroxyl groups is 1. The number of aryl methyl sites for hydroxylation is 1. The predicted molar refractivity (Wildman–Crippen MR) is 104 cm³/mol. The molecule has 0 radical (unpaired) electrons. The Labute approximate surface area is 162 Å². The minimum absolute atomic E-state index is 0.106. The summed E-state index contributed by atoms with van der Waals surface area (Å²) >= 11 is 0. The van der Waals surface area contributed by atoms with E-state index in [1.165, 1.54) is 37.5 Å². The zero-order chi connectivity index (χ0) is 19.0. The van der Waals surface area contributed by atoms with Crippen LogP contribution in [-0.4, -0.2) is 30.9 Å². The van der Waals surface area contributed by atoms with Crippen molar-refractivity contribution in [1.82, 2.24) is 0 Å². The zero-order valence-corrected chi connectivity index (χ0v) is 16.6. The summed E-state index contributed by atoms with van der Waals surface area (Å²) in [4.78, 5) is 11.2. The molecule has 27 heavy (non-hydrogen) atoms. The molecule has 0 aromatic heterocycles. The highest BCUT2D eigenvalue weighted by molar-refractivity contribution is 5.69. The van der Waals surface area contributed by atoms with Crippen LogP contribution in [0.3, 0.4) is 0 Å². The average Bonchev–Trinajstić information content (AvgIpc) is 2.99. The van der Waals surface area contributed by atoms with Gasteiger partial charge in [0.2, 0.25) is 0 Å². The van der Waals surface area contributed by atoms with Gasteiger partial charge in [-0.05, 0) is 91.4 Å². The van der Waals surface area contributed by atoms with Gasteiger partial charge in [0, 0.05) is 6.42 Å². The van der Waals surface area contributed by atoms with E-state index in [1.54, 1.807) is 0 Å². The van der Waals surface area contributed by atoms with Crippen molar-refractivity contribution in [3.05, 3.63) is 29.3 Å². The summed E-state index contributed by atoms with van der Waals surface area (Å²) in [5, 5.41) is 10.5. The van der Waals surface area contributed by atoms with E-state index in [-0.39, 0.29) is 17.5 Å². The number of fused-ring (bicyclic) bond motifs is 5. The first-order chi connectivity index (χ1) is 13.0. The maximum atomic E-state index is 11.2.